The summed E-state index contributed by atoms with van der Waals surface area (Å²) in [5.41, 5.74) is 0. The molecule has 21 heavy (non-hydrogen) atoms. The van der Waals surface area contributed by atoms with Gasteiger partial charge >= 0.3 is 0 Å². The molecule has 1 aliphatic rings. The van der Waals surface area contributed by atoms with E-state index in [4.69, 9.17) is 5.26 Å². The van der Waals surface area contributed by atoms with Crippen LogP contribution < -0.4 is 4.90 Å². The second-order valence-electron chi connectivity index (χ2n) is 4.44. The molecule has 0 unspecified atom stereocenters. The molecule has 9 heteroatoms. The lowest BCUT2D eigenvalue weighted by Crippen LogP contribution is -2.48. The van der Waals surface area contributed by atoms with Gasteiger partial charge in [-0.2, -0.15) is 9.57 Å². The van der Waals surface area contributed by atoms with Crippen LogP contribution in [-0.2, 0) is 10.0 Å². The second kappa shape index (κ2) is 5.73. The molecule has 0 atom stereocenters. The van der Waals surface area contributed by atoms with Gasteiger partial charge in [0.1, 0.15) is 15.2 Å². The van der Waals surface area contributed by atoms with Crippen LogP contribution in [0.15, 0.2) is 27.9 Å². The largest absolute Gasteiger partial charge is 0.345 e. The van der Waals surface area contributed by atoms with Gasteiger partial charge in [-0.1, -0.05) is 0 Å². The van der Waals surface area contributed by atoms with E-state index < -0.39 is 10.0 Å². The van der Waals surface area contributed by atoms with Crippen LogP contribution in [-0.4, -0.2) is 43.9 Å². The van der Waals surface area contributed by atoms with Gasteiger partial charge in [0, 0.05) is 37.8 Å². The number of nitrogens with zero attached hydrogens (tertiary/aromatic N) is 4. The molecule has 3 heterocycles. The minimum Gasteiger partial charge on any atom is -0.345 e. The third kappa shape index (κ3) is 2.80. The number of thiazole rings is 1. The van der Waals surface area contributed by atoms with Crippen LogP contribution >= 0.6 is 22.7 Å². The number of thiophene rings is 1. The number of sulfonamides is 1. The number of piperazine rings is 1. The summed E-state index contributed by atoms with van der Waals surface area (Å²) in [6.07, 6.45) is 1.75. The molecule has 110 valence electrons. The van der Waals surface area contributed by atoms with Crippen LogP contribution in [0.4, 0.5) is 5.13 Å². The van der Waals surface area contributed by atoms with E-state index in [0.29, 0.717) is 31.1 Å². The summed E-state index contributed by atoms with van der Waals surface area (Å²) in [7, 11) is -3.49. The second-order valence-corrected chi connectivity index (χ2v) is 8.56. The van der Waals surface area contributed by atoms with Gasteiger partial charge in [0.2, 0.25) is 0 Å². The molecule has 1 fully saturated rings. The topological polar surface area (TPSA) is 77.3 Å². The summed E-state index contributed by atoms with van der Waals surface area (Å²) in [4.78, 5) is 6.74. The van der Waals surface area contributed by atoms with Crippen molar-refractivity contribution in [3.05, 3.63) is 28.6 Å². The highest BCUT2D eigenvalue weighted by Crippen LogP contribution is 2.26. The third-order valence-corrected chi connectivity index (χ3v) is 7.40. The molecule has 1 aliphatic heterocycles. The van der Waals surface area contributed by atoms with Crippen LogP contribution in [0.25, 0.3) is 0 Å². The van der Waals surface area contributed by atoms with Gasteiger partial charge in [0.05, 0.1) is 0 Å². The highest BCUT2D eigenvalue weighted by atomic mass is 32.2. The Labute approximate surface area is 130 Å². The summed E-state index contributed by atoms with van der Waals surface area (Å²) < 4.78 is 26.7. The van der Waals surface area contributed by atoms with Gasteiger partial charge in [-0.25, -0.2) is 13.4 Å². The van der Waals surface area contributed by atoms with Crippen molar-refractivity contribution in [2.45, 2.75) is 4.21 Å². The Morgan fingerprint density at radius 2 is 2.00 bits per heavy atom. The molecule has 0 aromatic carbocycles. The normalized spacial score (nSPS) is 16.8. The van der Waals surface area contributed by atoms with Crippen LogP contribution in [0.1, 0.15) is 4.88 Å². The van der Waals surface area contributed by atoms with Crippen molar-refractivity contribution in [1.82, 2.24) is 9.29 Å². The number of hydrogen-bond acceptors (Lipinski definition) is 7. The maximum absolute atomic E-state index is 12.5. The number of nitriles is 1. The Bertz CT molecular complexity index is 753. The molecule has 6 nitrogen and oxygen atoms in total. The highest BCUT2D eigenvalue weighted by Gasteiger charge is 2.30. The fraction of sp³-hybridized carbons (Fsp3) is 0.333. The minimum absolute atomic E-state index is 0.238. The van der Waals surface area contributed by atoms with Crippen molar-refractivity contribution >= 4 is 37.8 Å². The molecular formula is C12H12N4O2S3. The number of rotatable bonds is 3. The summed E-state index contributed by atoms with van der Waals surface area (Å²) in [5, 5.41) is 11.6. The quantitative estimate of drug-likeness (QED) is 0.848. The zero-order valence-electron chi connectivity index (χ0n) is 11.0. The molecule has 0 aliphatic carbocycles. The van der Waals surface area contributed by atoms with Crippen molar-refractivity contribution in [2.75, 3.05) is 31.1 Å². The van der Waals surface area contributed by atoms with E-state index in [-0.39, 0.29) is 4.21 Å². The molecule has 1 saturated heterocycles. The van der Waals surface area contributed by atoms with Gasteiger partial charge in [0.15, 0.2) is 5.13 Å². The Balaban J connectivity index is 1.72. The Kier molecular flexibility index (Phi) is 3.95. The smallest absolute Gasteiger partial charge is 0.252 e. The van der Waals surface area contributed by atoms with E-state index in [1.54, 1.807) is 23.6 Å². The van der Waals surface area contributed by atoms with E-state index in [9.17, 15) is 8.42 Å². The van der Waals surface area contributed by atoms with Gasteiger partial charge < -0.3 is 4.90 Å². The Morgan fingerprint density at radius 1 is 1.24 bits per heavy atom. The van der Waals surface area contributed by atoms with Crippen LogP contribution in [0, 0.1) is 11.3 Å². The molecular weight excluding hydrogens is 328 g/mol. The Hall–Kier alpha value is -1.47. The van der Waals surface area contributed by atoms with Crippen LogP contribution in [0.3, 0.4) is 0 Å². The molecule has 0 N–H and O–H groups in total. The first-order chi connectivity index (χ1) is 10.1. The first-order valence-electron chi connectivity index (χ1n) is 6.26. The summed E-state index contributed by atoms with van der Waals surface area (Å²) >= 11 is 2.57. The predicted molar refractivity (Wildman–Crippen MR) is 82.1 cm³/mol. The summed E-state index contributed by atoms with van der Waals surface area (Å²) in [6, 6.07) is 5.02. The van der Waals surface area contributed by atoms with Crippen molar-refractivity contribution in [3.63, 3.8) is 0 Å². The van der Waals surface area contributed by atoms with Crippen molar-refractivity contribution in [3.8, 4) is 6.07 Å². The molecule has 0 saturated carbocycles. The summed E-state index contributed by atoms with van der Waals surface area (Å²) in [6.45, 7) is 2.12. The first-order valence-corrected chi connectivity index (χ1v) is 9.39. The lowest BCUT2D eigenvalue weighted by Gasteiger charge is -2.33. The summed E-state index contributed by atoms with van der Waals surface area (Å²) in [5.74, 6) is 0. The molecule has 2 aromatic heterocycles. The minimum atomic E-state index is -3.49. The molecule has 3 rings (SSSR count). The molecule has 0 spiro atoms. The van der Waals surface area contributed by atoms with Gasteiger partial charge in [-0.3, -0.25) is 0 Å². The lowest BCUT2D eigenvalue weighted by atomic mass is 10.4. The number of aromatic nitrogens is 1. The molecule has 0 amide bonds. The van der Waals surface area contributed by atoms with E-state index in [1.165, 1.54) is 10.4 Å². The molecule has 0 radical (unpaired) electrons. The van der Waals surface area contributed by atoms with Crippen LogP contribution in [0.2, 0.25) is 0 Å². The number of hydrogen-bond donors (Lipinski definition) is 0. The maximum Gasteiger partial charge on any atom is 0.252 e. The van der Waals surface area contributed by atoms with E-state index in [2.05, 4.69) is 9.88 Å². The van der Waals surface area contributed by atoms with E-state index in [0.717, 1.165) is 16.5 Å². The fourth-order valence-electron chi connectivity index (χ4n) is 2.14. The van der Waals surface area contributed by atoms with Gasteiger partial charge in [-0.05, 0) is 12.1 Å². The monoisotopic (exact) mass is 340 g/mol. The average molecular weight is 340 g/mol. The van der Waals surface area contributed by atoms with Crippen molar-refractivity contribution < 1.29 is 8.42 Å². The molecule has 2 aromatic rings. The van der Waals surface area contributed by atoms with Crippen LogP contribution in [0.5, 0.6) is 0 Å². The zero-order chi connectivity index (χ0) is 14.9. The van der Waals surface area contributed by atoms with Crippen molar-refractivity contribution in [1.29, 1.82) is 5.26 Å². The lowest BCUT2D eigenvalue weighted by molar-refractivity contribution is 0.385. The first kappa shape index (κ1) is 14.5. The van der Waals surface area contributed by atoms with Gasteiger partial charge in [-0.15, -0.1) is 22.7 Å². The number of anilines is 1. The van der Waals surface area contributed by atoms with E-state index in [1.807, 2.05) is 11.4 Å². The zero-order valence-corrected chi connectivity index (χ0v) is 13.4. The third-order valence-electron chi connectivity index (χ3n) is 3.21. The van der Waals surface area contributed by atoms with Crippen molar-refractivity contribution in [2.24, 2.45) is 0 Å². The Morgan fingerprint density at radius 3 is 2.57 bits per heavy atom. The molecule has 0 bridgehead atoms. The standard InChI is InChI=1S/C12H12N4O2S3/c13-9-10-1-2-11(20-10)21(17,18)16-6-4-15(5-7-16)12-14-3-8-19-12/h1-3,8H,4-7H2. The van der Waals surface area contributed by atoms with Gasteiger partial charge in [0.25, 0.3) is 10.0 Å². The average Bonchev–Trinajstić information content (AvgIpc) is 3.19. The predicted octanol–water partition coefficient (Wildman–Crippen LogP) is 1.59. The highest BCUT2D eigenvalue weighted by molar-refractivity contribution is 7.91. The maximum atomic E-state index is 12.5. The van der Waals surface area contributed by atoms with E-state index >= 15 is 0 Å². The SMILES string of the molecule is N#Cc1ccc(S(=O)(=O)N2CCN(c3nccs3)CC2)s1. The fourth-order valence-corrected chi connectivity index (χ4v) is 5.51.